The quantitative estimate of drug-likeness (QED) is 0.303. The molecule has 0 aromatic carbocycles. The van der Waals surface area contributed by atoms with Gasteiger partial charge in [0, 0.05) is 6.21 Å². The fraction of sp³-hybridized carbons (Fsp3) is 0.167. The van der Waals surface area contributed by atoms with Crippen LogP contribution in [0.1, 0.15) is 17.4 Å². The van der Waals surface area contributed by atoms with Crippen LogP contribution in [0.5, 0.6) is 0 Å². The molecule has 1 aromatic rings. The lowest BCUT2D eigenvalue weighted by molar-refractivity contribution is 0.111. The highest BCUT2D eigenvalue weighted by Crippen LogP contribution is 2.04. The lowest BCUT2D eigenvalue weighted by atomic mass is 10.5. The van der Waals surface area contributed by atoms with Crippen LogP contribution in [0.2, 0.25) is 5.15 Å². The van der Waals surface area contributed by atoms with Crippen molar-refractivity contribution < 1.29 is 10.0 Å². The van der Waals surface area contributed by atoms with Gasteiger partial charge < -0.3 is 10.2 Å². The third-order valence-corrected chi connectivity index (χ3v) is 1.15. The van der Waals surface area contributed by atoms with Gasteiger partial charge in [-0.2, -0.15) is 0 Å². The molecule has 5 nitrogen and oxygen atoms in total. The number of halogens is 1. The maximum Gasteiger partial charge on any atom is 0.169 e. The minimum Gasteiger partial charge on any atom is -0.411 e. The normalized spacial score (nSPS) is 9.17. The maximum atomic E-state index is 9.93. The van der Waals surface area contributed by atoms with Crippen LogP contribution in [0.3, 0.4) is 0 Å². The number of carbonyl (C=O) groups is 1. The molecule has 0 atom stereocenters. The van der Waals surface area contributed by atoms with Crippen LogP contribution in [0.4, 0.5) is 0 Å². The van der Waals surface area contributed by atoms with Crippen LogP contribution in [-0.4, -0.2) is 27.7 Å². The molecule has 1 heterocycles. The molecule has 12 heavy (non-hydrogen) atoms. The van der Waals surface area contributed by atoms with Crippen molar-refractivity contribution in [3.8, 4) is 0 Å². The zero-order valence-electron chi connectivity index (χ0n) is 6.36. The Bertz CT molecular complexity index is 255. The highest BCUT2D eigenvalue weighted by molar-refractivity contribution is 6.31. The lowest BCUT2D eigenvalue weighted by Crippen LogP contribution is -1.76. The molecule has 0 aliphatic carbocycles. The minimum absolute atomic E-state index is 0.222. The first kappa shape index (κ1) is 10.6. The Kier molecular flexibility index (Phi) is 5.64. The van der Waals surface area contributed by atoms with Crippen LogP contribution in [-0.2, 0) is 0 Å². The molecule has 0 bridgehead atoms. The molecule has 0 saturated carbocycles. The first-order valence-corrected chi connectivity index (χ1v) is 3.40. The second kappa shape index (κ2) is 6.36. The summed E-state index contributed by atoms with van der Waals surface area (Å²) in [6.45, 7) is 1.64. The van der Waals surface area contributed by atoms with Gasteiger partial charge in [0.1, 0.15) is 5.69 Å². The van der Waals surface area contributed by atoms with Crippen molar-refractivity contribution in [2.75, 3.05) is 0 Å². The molecule has 6 heteroatoms. The topological polar surface area (TPSA) is 78.3 Å². The van der Waals surface area contributed by atoms with Crippen molar-refractivity contribution in [1.29, 1.82) is 0 Å². The Morgan fingerprint density at radius 2 is 2.42 bits per heavy atom. The largest absolute Gasteiger partial charge is 0.411 e. The van der Waals surface area contributed by atoms with Crippen molar-refractivity contribution in [2.24, 2.45) is 5.16 Å². The Morgan fingerprint density at radius 1 is 1.83 bits per heavy atom. The number of nitrogens with one attached hydrogen (secondary N) is 1. The zero-order chi connectivity index (χ0) is 9.40. The fourth-order valence-corrected chi connectivity index (χ4v) is 0.518. The molecule has 0 unspecified atom stereocenters. The SMILES string of the molecule is C/C=N/O.O=Cc1[nH]cnc1Cl. The molecule has 0 amide bonds. The zero-order valence-corrected chi connectivity index (χ0v) is 7.12. The standard InChI is InChI=1S/C4H3ClN2O.C2H5NO/c5-4-3(1-8)6-2-7-4;1-2-3-4/h1-2H,(H,6,7);2,4H,1H3/b;3-2+. The number of nitrogens with zero attached hydrogens (tertiary/aromatic N) is 2. The van der Waals surface area contributed by atoms with Crippen LogP contribution < -0.4 is 0 Å². The van der Waals surface area contributed by atoms with Crippen molar-refractivity contribution in [1.82, 2.24) is 9.97 Å². The van der Waals surface area contributed by atoms with Gasteiger partial charge in [0.05, 0.1) is 6.33 Å². The van der Waals surface area contributed by atoms with E-state index in [0.29, 0.717) is 12.0 Å². The molecule has 0 saturated heterocycles. The van der Waals surface area contributed by atoms with Gasteiger partial charge in [-0.15, -0.1) is 5.16 Å². The molecule has 0 aliphatic rings. The first-order valence-electron chi connectivity index (χ1n) is 3.02. The van der Waals surface area contributed by atoms with Crippen LogP contribution >= 0.6 is 11.6 Å². The average Bonchev–Trinajstić information content (AvgIpc) is 2.51. The van der Waals surface area contributed by atoms with Gasteiger partial charge >= 0.3 is 0 Å². The van der Waals surface area contributed by atoms with Gasteiger partial charge in [0.15, 0.2) is 11.4 Å². The summed E-state index contributed by atoms with van der Waals surface area (Å²) in [5, 5.41) is 10.3. The smallest absolute Gasteiger partial charge is 0.169 e. The second-order valence-electron chi connectivity index (χ2n) is 1.60. The number of aromatic nitrogens is 2. The van der Waals surface area contributed by atoms with E-state index in [1.54, 1.807) is 6.92 Å². The van der Waals surface area contributed by atoms with Crippen molar-refractivity contribution in [3.05, 3.63) is 17.2 Å². The highest BCUT2D eigenvalue weighted by Gasteiger charge is 1.96. The summed E-state index contributed by atoms with van der Waals surface area (Å²) < 4.78 is 0. The van der Waals surface area contributed by atoms with E-state index in [4.69, 9.17) is 16.8 Å². The number of aromatic amines is 1. The summed E-state index contributed by atoms with van der Waals surface area (Å²) in [4.78, 5) is 16.0. The fourth-order valence-electron chi connectivity index (χ4n) is 0.370. The van der Waals surface area contributed by atoms with E-state index in [0.717, 1.165) is 0 Å². The summed E-state index contributed by atoms with van der Waals surface area (Å²) >= 11 is 5.37. The Labute approximate surface area is 74.1 Å². The molecular formula is C6H8ClN3O2. The number of rotatable bonds is 1. The maximum absolute atomic E-state index is 9.93. The van der Waals surface area contributed by atoms with Gasteiger partial charge in [0.2, 0.25) is 0 Å². The molecule has 1 aromatic heterocycles. The van der Waals surface area contributed by atoms with Gasteiger partial charge in [0.25, 0.3) is 0 Å². The predicted octanol–water partition coefficient (Wildman–Crippen LogP) is 1.34. The number of hydrogen-bond acceptors (Lipinski definition) is 4. The first-order chi connectivity index (χ1) is 5.76. The Morgan fingerprint density at radius 3 is 2.58 bits per heavy atom. The molecule has 0 radical (unpaired) electrons. The van der Waals surface area contributed by atoms with E-state index in [1.807, 2.05) is 0 Å². The van der Waals surface area contributed by atoms with Gasteiger partial charge in [-0.3, -0.25) is 4.79 Å². The molecule has 0 spiro atoms. The number of oxime groups is 1. The lowest BCUT2D eigenvalue weighted by Gasteiger charge is -1.75. The van der Waals surface area contributed by atoms with Crippen molar-refractivity contribution in [2.45, 2.75) is 6.92 Å². The van der Waals surface area contributed by atoms with Gasteiger partial charge in [-0.25, -0.2) is 4.98 Å². The van der Waals surface area contributed by atoms with Crippen molar-refractivity contribution >= 4 is 24.1 Å². The van der Waals surface area contributed by atoms with Crippen LogP contribution in [0.25, 0.3) is 0 Å². The summed E-state index contributed by atoms with van der Waals surface area (Å²) in [7, 11) is 0. The van der Waals surface area contributed by atoms with Gasteiger partial charge in [-0.05, 0) is 6.92 Å². The summed E-state index contributed by atoms with van der Waals surface area (Å²) in [5.74, 6) is 0. The Balaban J connectivity index is 0.000000261. The summed E-state index contributed by atoms with van der Waals surface area (Å²) in [6, 6.07) is 0. The average molecular weight is 190 g/mol. The molecule has 66 valence electrons. The van der Waals surface area contributed by atoms with E-state index >= 15 is 0 Å². The van der Waals surface area contributed by atoms with E-state index < -0.39 is 0 Å². The number of carbonyl (C=O) groups excluding carboxylic acids is 1. The predicted molar refractivity (Wildman–Crippen MR) is 44.9 cm³/mol. The molecule has 0 aliphatic heterocycles. The van der Waals surface area contributed by atoms with E-state index in [-0.39, 0.29) is 5.15 Å². The third kappa shape index (κ3) is 3.72. The summed E-state index contributed by atoms with van der Waals surface area (Å²) in [5.41, 5.74) is 0.326. The van der Waals surface area contributed by atoms with Crippen molar-refractivity contribution in [3.63, 3.8) is 0 Å². The van der Waals surface area contributed by atoms with Gasteiger partial charge in [-0.1, -0.05) is 11.6 Å². The van der Waals surface area contributed by atoms with E-state index in [2.05, 4.69) is 15.1 Å². The van der Waals surface area contributed by atoms with E-state index in [9.17, 15) is 4.79 Å². The molecule has 0 fully saturated rings. The second-order valence-corrected chi connectivity index (χ2v) is 1.96. The van der Waals surface area contributed by atoms with Crippen LogP contribution in [0.15, 0.2) is 11.5 Å². The van der Waals surface area contributed by atoms with E-state index in [1.165, 1.54) is 12.5 Å². The number of aldehydes is 1. The number of H-pyrrole nitrogens is 1. The molecular weight excluding hydrogens is 182 g/mol. The number of hydrogen-bond donors (Lipinski definition) is 2. The highest BCUT2D eigenvalue weighted by atomic mass is 35.5. The molecule has 1 rings (SSSR count). The number of imidazole rings is 1. The monoisotopic (exact) mass is 189 g/mol. The third-order valence-electron chi connectivity index (χ3n) is 0.854. The van der Waals surface area contributed by atoms with Crippen LogP contribution in [0, 0.1) is 0 Å². The minimum atomic E-state index is 0.222. The summed E-state index contributed by atoms with van der Waals surface area (Å²) in [6.07, 6.45) is 3.29. The molecule has 2 N–H and O–H groups in total. The Hall–Kier alpha value is -1.36.